The Labute approximate surface area is 243 Å². The van der Waals surface area contributed by atoms with Crippen LogP contribution in [-0.2, 0) is 17.1 Å². The third kappa shape index (κ3) is 6.57. The van der Waals surface area contributed by atoms with Crippen molar-refractivity contribution in [3.05, 3.63) is 69.8 Å². The van der Waals surface area contributed by atoms with E-state index in [1.54, 1.807) is 6.92 Å². The second kappa shape index (κ2) is 11.2. The van der Waals surface area contributed by atoms with Gasteiger partial charge in [0.2, 0.25) is 0 Å². The number of rotatable bonds is 6. The Bertz CT molecular complexity index is 1340. The first-order valence-corrected chi connectivity index (χ1v) is 14.1. The summed E-state index contributed by atoms with van der Waals surface area (Å²) in [5.74, 6) is 0.299. The largest absolute Gasteiger partial charge is 0.439 e. The second-order valence-electron chi connectivity index (χ2n) is 12.8. The number of hydrogen-bond donors (Lipinski definition) is 0. The monoisotopic (exact) mass is 596 g/mol. The molecule has 0 bridgehead atoms. The number of allylic oxidation sites excluding steroid dienone is 1. The number of benzene rings is 2. The number of alkyl halides is 6. The Morgan fingerprint density at radius 2 is 1.60 bits per heavy atom. The molecule has 0 aromatic heterocycles. The van der Waals surface area contributed by atoms with Gasteiger partial charge in [-0.15, -0.1) is 0 Å². The maximum atomic E-state index is 13.5. The summed E-state index contributed by atoms with van der Waals surface area (Å²) in [6, 6.07) is 6.94. The molecule has 1 fully saturated rings. The molecule has 2 aromatic carbocycles. The van der Waals surface area contributed by atoms with E-state index in [1.807, 2.05) is 19.0 Å². The predicted molar refractivity (Wildman–Crippen MR) is 151 cm³/mol. The van der Waals surface area contributed by atoms with Gasteiger partial charge in [-0.2, -0.15) is 26.3 Å². The standard InChI is InChI=1S/C32H38F6N2O2/c1-18(2)20-8-9-27(39(6)7)26(14-20)25-10-11-30(4,5)16-22(25)17-40-19(3)28(42-29(40)41)21-12-23(31(33,34)35)15-24(13-21)32(36,37)38/h8-9,12-15,18-19,28H,10-11,16-17H2,1-7H3/t19-,28-/m0/s1. The minimum Gasteiger partial charge on any atom is -0.439 e. The number of carbonyl (C=O) groups is 1. The van der Waals surface area contributed by atoms with Crippen molar-refractivity contribution < 1.29 is 35.9 Å². The average molecular weight is 597 g/mol. The number of nitrogens with zero attached hydrogens (tertiary/aromatic N) is 2. The van der Waals surface area contributed by atoms with Crippen LogP contribution in [0.3, 0.4) is 0 Å². The van der Waals surface area contributed by atoms with Crippen LogP contribution in [0.5, 0.6) is 0 Å². The molecule has 2 aromatic rings. The van der Waals surface area contributed by atoms with Crippen molar-refractivity contribution in [2.24, 2.45) is 5.41 Å². The molecule has 4 nitrogen and oxygen atoms in total. The van der Waals surface area contributed by atoms with Gasteiger partial charge in [0.15, 0.2) is 0 Å². The van der Waals surface area contributed by atoms with E-state index in [2.05, 4.69) is 45.9 Å². The van der Waals surface area contributed by atoms with Gasteiger partial charge in [-0.3, -0.25) is 4.90 Å². The molecule has 1 saturated heterocycles. The van der Waals surface area contributed by atoms with Crippen molar-refractivity contribution in [2.45, 2.75) is 84.3 Å². The molecule has 0 spiro atoms. The lowest BCUT2D eigenvalue weighted by Crippen LogP contribution is -2.35. The fourth-order valence-electron chi connectivity index (χ4n) is 5.94. The van der Waals surface area contributed by atoms with Crippen LogP contribution in [0.15, 0.2) is 42.0 Å². The number of carbonyl (C=O) groups excluding carboxylic acids is 1. The Morgan fingerprint density at radius 1 is 1.00 bits per heavy atom. The Balaban J connectivity index is 1.76. The summed E-state index contributed by atoms with van der Waals surface area (Å²) in [5.41, 5.74) is 2.14. The fourth-order valence-corrected chi connectivity index (χ4v) is 5.94. The molecular weight excluding hydrogens is 558 g/mol. The summed E-state index contributed by atoms with van der Waals surface area (Å²) in [6.07, 6.45) is -9.66. The molecular formula is C32H38F6N2O2. The number of ether oxygens (including phenoxy) is 1. The maximum absolute atomic E-state index is 13.5. The van der Waals surface area contributed by atoms with Crippen molar-refractivity contribution in [1.82, 2.24) is 4.90 Å². The highest BCUT2D eigenvalue weighted by molar-refractivity contribution is 5.81. The molecule has 0 N–H and O–H groups in total. The van der Waals surface area contributed by atoms with E-state index >= 15 is 0 Å². The Kier molecular flexibility index (Phi) is 8.43. The van der Waals surface area contributed by atoms with Crippen LogP contribution < -0.4 is 4.90 Å². The minimum absolute atomic E-state index is 0.0539. The van der Waals surface area contributed by atoms with Crippen LogP contribution in [0.25, 0.3) is 5.57 Å². The molecule has 0 saturated carbocycles. The Morgan fingerprint density at radius 3 is 2.12 bits per heavy atom. The summed E-state index contributed by atoms with van der Waals surface area (Å²) in [6.45, 7) is 10.3. The molecule has 1 aliphatic heterocycles. The van der Waals surface area contributed by atoms with E-state index in [4.69, 9.17) is 4.74 Å². The van der Waals surface area contributed by atoms with Crippen molar-refractivity contribution >= 4 is 17.4 Å². The zero-order chi connectivity index (χ0) is 31.4. The summed E-state index contributed by atoms with van der Waals surface area (Å²) in [4.78, 5) is 16.6. The first-order valence-electron chi connectivity index (χ1n) is 14.1. The van der Waals surface area contributed by atoms with Crippen molar-refractivity contribution in [3.8, 4) is 0 Å². The molecule has 1 amide bonds. The van der Waals surface area contributed by atoms with Crippen molar-refractivity contribution in [2.75, 3.05) is 25.5 Å². The van der Waals surface area contributed by atoms with Gasteiger partial charge in [-0.25, -0.2) is 4.79 Å². The van der Waals surface area contributed by atoms with E-state index in [0.29, 0.717) is 24.5 Å². The van der Waals surface area contributed by atoms with Crippen LogP contribution in [-0.4, -0.2) is 37.7 Å². The minimum atomic E-state index is -5.00. The molecule has 2 atom stereocenters. The second-order valence-corrected chi connectivity index (χ2v) is 12.8. The number of hydrogen-bond acceptors (Lipinski definition) is 3. The lowest BCUT2D eigenvalue weighted by Gasteiger charge is -2.36. The van der Waals surface area contributed by atoms with Gasteiger partial charge >= 0.3 is 18.4 Å². The smallest absolute Gasteiger partial charge is 0.416 e. The van der Waals surface area contributed by atoms with Crippen LogP contribution in [0, 0.1) is 5.41 Å². The third-order valence-electron chi connectivity index (χ3n) is 8.36. The zero-order valence-corrected chi connectivity index (χ0v) is 25.0. The highest BCUT2D eigenvalue weighted by Crippen LogP contribution is 2.47. The number of anilines is 1. The summed E-state index contributed by atoms with van der Waals surface area (Å²) in [5, 5.41) is 0. The van der Waals surface area contributed by atoms with E-state index in [9.17, 15) is 31.1 Å². The highest BCUT2D eigenvalue weighted by atomic mass is 19.4. The van der Waals surface area contributed by atoms with Gasteiger partial charge in [0.05, 0.1) is 17.2 Å². The number of amides is 1. The van der Waals surface area contributed by atoms with Gasteiger partial charge in [-0.05, 0) is 90.1 Å². The first kappa shape index (κ1) is 31.8. The summed E-state index contributed by atoms with van der Waals surface area (Å²) >= 11 is 0. The van der Waals surface area contributed by atoms with Gasteiger partial charge in [0.1, 0.15) is 6.10 Å². The maximum Gasteiger partial charge on any atom is 0.416 e. The zero-order valence-electron chi connectivity index (χ0n) is 25.0. The van der Waals surface area contributed by atoms with E-state index in [0.717, 1.165) is 35.2 Å². The summed E-state index contributed by atoms with van der Waals surface area (Å²) in [7, 11) is 3.94. The van der Waals surface area contributed by atoms with Crippen LogP contribution >= 0.6 is 0 Å². The van der Waals surface area contributed by atoms with Crippen LogP contribution in [0.1, 0.15) is 93.7 Å². The third-order valence-corrected chi connectivity index (χ3v) is 8.36. The van der Waals surface area contributed by atoms with Gasteiger partial charge in [0, 0.05) is 31.9 Å². The van der Waals surface area contributed by atoms with E-state index < -0.39 is 41.7 Å². The van der Waals surface area contributed by atoms with Gasteiger partial charge in [-0.1, -0.05) is 33.8 Å². The van der Waals surface area contributed by atoms with Gasteiger partial charge in [0.25, 0.3) is 0 Å². The fraction of sp³-hybridized carbons (Fsp3) is 0.531. The quantitative estimate of drug-likeness (QED) is 0.312. The molecule has 42 heavy (non-hydrogen) atoms. The normalized spacial score (nSPS) is 21.3. The summed E-state index contributed by atoms with van der Waals surface area (Å²) < 4.78 is 86.7. The molecule has 0 unspecified atom stereocenters. The molecule has 4 rings (SSSR count). The molecule has 1 heterocycles. The number of halogens is 6. The molecule has 0 radical (unpaired) electrons. The molecule has 2 aliphatic rings. The highest BCUT2D eigenvalue weighted by Gasteiger charge is 2.44. The Hall–Kier alpha value is -3.17. The topological polar surface area (TPSA) is 32.8 Å². The average Bonchev–Trinajstić information content (AvgIpc) is 3.15. The molecule has 230 valence electrons. The van der Waals surface area contributed by atoms with E-state index in [1.165, 1.54) is 10.5 Å². The molecule has 1 aliphatic carbocycles. The van der Waals surface area contributed by atoms with Crippen molar-refractivity contribution in [3.63, 3.8) is 0 Å². The molecule has 10 heteroatoms. The van der Waals surface area contributed by atoms with Crippen molar-refractivity contribution in [1.29, 1.82) is 0 Å². The van der Waals surface area contributed by atoms with Gasteiger partial charge < -0.3 is 9.64 Å². The first-order chi connectivity index (χ1) is 19.3. The predicted octanol–water partition coefficient (Wildman–Crippen LogP) is 9.46. The van der Waals surface area contributed by atoms with Crippen LogP contribution in [0.4, 0.5) is 36.8 Å². The van der Waals surface area contributed by atoms with E-state index in [-0.39, 0.29) is 23.6 Å². The SMILES string of the molecule is CC(C)c1ccc(N(C)C)c(C2=C(CN3C(=O)O[C@H](c4cc(C(F)(F)F)cc(C(F)(F)F)c4)[C@@H]3C)CC(C)(C)CC2)c1. The lowest BCUT2D eigenvalue weighted by atomic mass is 9.72. The number of cyclic esters (lactones) is 1. The van der Waals surface area contributed by atoms with Crippen LogP contribution in [0.2, 0.25) is 0 Å². The lowest BCUT2D eigenvalue weighted by molar-refractivity contribution is -0.143.